The number of phenols is 2. The maximum atomic E-state index is 11.1. The molecule has 0 radical (unpaired) electrons. The van der Waals surface area contributed by atoms with E-state index in [4.69, 9.17) is 21.4 Å². The summed E-state index contributed by atoms with van der Waals surface area (Å²) in [7, 11) is 0. The van der Waals surface area contributed by atoms with Gasteiger partial charge in [-0.25, -0.2) is 0 Å². The minimum atomic E-state index is -0.426. The lowest BCUT2D eigenvalue weighted by Crippen LogP contribution is -2.07. The summed E-state index contributed by atoms with van der Waals surface area (Å²) in [5.41, 5.74) is 0.422. The number of rotatable bonds is 3. The van der Waals surface area contributed by atoms with E-state index in [0.29, 0.717) is 12.2 Å². The Bertz CT molecular complexity index is 376. The average Bonchev–Trinajstić information content (AvgIpc) is 2.14. The fraction of sp³-hybridized carbons (Fsp3) is 0.300. The van der Waals surface area contributed by atoms with Gasteiger partial charge in [0.05, 0.1) is 13.0 Å². The summed E-state index contributed by atoms with van der Waals surface area (Å²) >= 11 is 5.77. The van der Waals surface area contributed by atoms with Crippen molar-refractivity contribution in [1.29, 1.82) is 0 Å². The SMILES string of the molecule is CCOC(=O)Cc1cc(O)c(O)cc1Cl. The number of hydrogen-bond donors (Lipinski definition) is 2. The molecule has 0 fully saturated rings. The molecule has 15 heavy (non-hydrogen) atoms. The minimum absolute atomic E-state index is 0.0273. The summed E-state index contributed by atoms with van der Waals surface area (Å²) in [6.45, 7) is 1.99. The molecule has 4 nitrogen and oxygen atoms in total. The third-order valence-electron chi connectivity index (χ3n) is 1.78. The van der Waals surface area contributed by atoms with Crippen molar-refractivity contribution in [2.75, 3.05) is 6.61 Å². The summed E-state index contributed by atoms with van der Waals surface area (Å²) < 4.78 is 4.73. The molecule has 0 saturated carbocycles. The van der Waals surface area contributed by atoms with Crippen LogP contribution < -0.4 is 0 Å². The van der Waals surface area contributed by atoms with Crippen LogP contribution in [-0.2, 0) is 16.0 Å². The number of phenolic OH excluding ortho intramolecular Hbond substituents is 2. The maximum Gasteiger partial charge on any atom is 0.310 e. The van der Waals surface area contributed by atoms with Crippen LogP contribution in [0.2, 0.25) is 5.02 Å². The molecular formula is C10H11ClO4. The Morgan fingerprint density at radius 1 is 1.40 bits per heavy atom. The Morgan fingerprint density at radius 2 is 2.00 bits per heavy atom. The van der Waals surface area contributed by atoms with Gasteiger partial charge in [-0.2, -0.15) is 0 Å². The normalized spacial score (nSPS) is 10.0. The van der Waals surface area contributed by atoms with Gasteiger partial charge in [-0.1, -0.05) is 11.6 Å². The van der Waals surface area contributed by atoms with Crippen LogP contribution in [0.15, 0.2) is 12.1 Å². The maximum absolute atomic E-state index is 11.1. The molecule has 0 bridgehead atoms. The van der Waals surface area contributed by atoms with Gasteiger partial charge in [0, 0.05) is 11.1 Å². The van der Waals surface area contributed by atoms with E-state index in [2.05, 4.69) is 0 Å². The van der Waals surface area contributed by atoms with Gasteiger partial charge in [0.1, 0.15) is 0 Å². The zero-order chi connectivity index (χ0) is 11.4. The number of halogens is 1. The molecule has 0 atom stereocenters. The van der Waals surface area contributed by atoms with Crippen LogP contribution >= 0.6 is 11.6 Å². The first-order chi connectivity index (χ1) is 7.04. The summed E-state index contributed by atoms with van der Waals surface area (Å²) in [6.07, 6.45) is -0.0273. The van der Waals surface area contributed by atoms with E-state index < -0.39 is 5.97 Å². The number of aromatic hydroxyl groups is 2. The molecule has 0 amide bonds. The molecule has 1 aromatic rings. The van der Waals surface area contributed by atoms with Gasteiger partial charge in [-0.05, 0) is 18.6 Å². The van der Waals surface area contributed by atoms with Crippen molar-refractivity contribution in [2.45, 2.75) is 13.3 Å². The van der Waals surface area contributed by atoms with Gasteiger partial charge in [0.25, 0.3) is 0 Å². The molecular weight excluding hydrogens is 220 g/mol. The predicted octanol–water partition coefficient (Wildman–Crippen LogP) is 1.86. The number of esters is 1. The second-order valence-electron chi connectivity index (χ2n) is 2.91. The van der Waals surface area contributed by atoms with E-state index in [-0.39, 0.29) is 22.9 Å². The standard InChI is InChI=1S/C10H11ClO4/c1-2-15-10(14)4-6-3-8(12)9(13)5-7(6)11/h3,5,12-13H,2,4H2,1H3. The smallest absolute Gasteiger partial charge is 0.310 e. The third-order valence-corrected chi connectivity index (χ3v) is 2.14. The Labute approximate surface area is 92.1 Å². The van der Waals surface area contributed by atoms with Crippen LogP contribution in [0.3, 0.4) is 0 Å². The van der Waals surface area contributed by atoms with E-state index in [0.717, 1.165) is 0 Å². The van der Waals surface area contributed by atoms with Crippen molar-refractivity contribution in [3.05, 3.63) is 22.7 Å². The second kappa shape index (κ2) is 4.89. The van der Waals surface area contributed by atoms with Crippen LogP contribution in [0.5, 0.6) is 11.5 Å². The zero-order valence-electron chi connectivity index (χ0n) is 8.16. The molecule has 82 valence electrons. The van der Waals surface area contributed by atoms with Crippen molar-refractivity contribution in [3.63, 3.8) is 0 Å². The highest BCUT2D eigenvalue weighted by molar-refractivity contribution is 6.31. The van der Waals surface area contributed by atoms with Gasteiger partial charge in [0.2, 0.25) is 0 Å². The largest absolute Gasteiger partial charge is 0.504 e. The van der Waals surface area contributed by atoms with Crippen molar-refractivity contribution in [1.82, 2.24) is 0 Å². The minimum Gasteiger partial charge on any atom is -0.504 e. The number of benzene rings is 1. The number of carbonyl (C=O) groups excluding carboxylic acids is 1. The van der Waals surface area contributed by atoms with E-state index in [9.17, 15) is 9.90 Å². The highest BCUT2D eigenvalue weighted by atomic mass is 35.5. The molecule has 1 rings (SSSR count). The fourth-order valence-corrected chi connectivity index (χ4v) is 1.32. The van der Waals surface area contributed by atoms with E-state index >= 15 is 0 Å². The fourth-order valence-electron chi connectivity index (χ4n) is 1.10. The highest BCUT2D eigenvalue weighted by Crippen LogP contribution is 2.31. The van der Waals surface area contributed by atoms with Crippen molar-refractivity contribution >= 4 is 17.6 Å². The summed E-state index contributed by atoms with van der Waals surface area (Å²) in [5, 5.41) is 18.5. The van der Waals surface area contributed by atoms with Crippen molar-refractivity contribution in [2.24, 2.45) is 0 Å². The van der Waals surface area contributed by atoms with Crippen molar-refractivity contribution in [3.8, 4) is 11.5 Å². The molecule has 0 aliphatic heterocycles. The summed E-state index contributed by atoms with van der Waals surface area (Å²) in [6, 6.07) is 2.43. The van der Waals surface area contributed by atoms with Crippen LogP contribution in [-0.4, -0.2) is 22.8 Å². The first-order valence-corrected chi connectivity index (χ1v) is 4.78. The Hall–Kier alpha value is -1.42. The number of hydrogen-bond acceptors (Lipinski definition) is 4. The molecule has 2 N–H and O–H groups in total. The van der Waals surface area contributed by atoms with Crippen molar-refractivity contribution < 1.29 is 19.7 Å². The zero-order valence-corrected chi connectivity index (χ0v) is 8.91. The van der Waals surface area contributed by atoms with Crippen LogP contribution in [0, 0.1) is 0 Å². The Kier molecular flexibility index (Phi) is 3.80. The molecule has 1 aromatic carbocycles. The second-order valence-corrected chi connectivity index (χ2v) is 3.32. The topological polar surface area (TPSA) is 66.8 Å². The molecule has 0 spiro atoms. The Morgan fingerprint density at radius 3 is 2.60 bits per heavy atom. The lowest BCUT2D eigenvalue weighted by Gasteiger charge is -2.06. The van der Waals surface area contributed by atoms with Gasteiger partial charge in [-0.15, -0.1) is 0 Å². The molecule has 0 aliphatic rings. The molecule has 0 aliphatic carbocycles. The van der Waals surface area contributed by atoms with E-state index in [1.165, 1.54) is 12.1 Å². The molecule has 0 heterocycles. The van der Waals surface area contributed by atoms with Crippen LogP contribution in [0.1, 0.15) is 12.5 Å². The first kappa shape index (κ1) is 11.7. The van der Waals surface area contributed by atoms with Gasteiger partial charge in [-0.3, -0.25) is 4.79 Å². The number of ether oxygens (including phenoxy) is 1. The molecule has 0 saturated heterocycles. The van der Waals surface area contributed by atoms with Gasteiger partial charge < -0.3 is 14.9 Å². The molecule has 0 aromatic heterocycles. The van der Waals surface area contributed by atoms with E-state index in [1.54, 1.807) is 6.92 Å². The summed E-state index contributed by atoms with van der Waals surface area (Å²) in [5.74, 6) is -1.05. The quantitative estimate of drug-likeness (QED) is 0.614. The first-order valence-electron chi connectivity index (χ1n) is 4.40. The van der Waals surface area contributed by atoms with Gasteiger partial charge >= 0.3 is 5.97 Å². The third kappa shape index (κ3) is 3.02. The summed E-state index contributed by atoms with van der Waals surface area (Å²) in [4.78, 5) is 11.1. The average molecular weight is 231 g/mol. The lowest BCUT2D eigenvalue weighted by molar-refractivity contribution is -0.142. The van der Waals surface area contributed by atoms with Crippen LogP contribution in [0.4, 0.5) is 0 Å². The van der Waals surface area contributed by atoms with Gasteiger partial charge in [0.15, 0.2) is 11.5 Å². The molecule has 0 unspecified atom stereocenters. The van der Waals surface area contributed by atoms with E-state index in [1.807, 2.05) is 0 Å². The molecule has 5 heteroatoms. The Balaban J connectivity index is 2.86. The predicted molar refractivity (Wildman–Crippen MR) is 55.1 cm³/mol. The van der Waals surface area contributed by atoms with Crippen LogP contribution in [0.25, 0.3) is 0 Å². The lowest BCUT2D eigenvalue weighted by atomic mass is 10.1. The highest BCUT2D eigenvalue weighted by Gasteiger charge is 2.11. The monoisotopic (exact) mass is 230 g/mol. The number of carbonyl (C=O) groups is 1.